The number of nitrogens with zero attached hydrogens (tertiary/aromatic N) is 6. The lowest BCUT2D eigenvalue weighted by Crippen LogP contribution is -2.29. The summed E-state index contributed by atoms with van der Waals surface area (Å²) in [6.07, 6.45) is -0.536. The number of rotatable bonds is 14. The topological polar surface area (TPSA) is 238 Å². The third-order valence-electron chi connectivity index (χ3n) is 9.45. The first-order valence-corrected chi connectivity index (χ1v) is 21.0. The lowest BCUT2D eigenvalue weighted by molar-refractivity contribution is -0.130. The molecule has 0 saturated heterocycles. The Hall–Kier alpha value is -6.61. The van der Waals surface area contributed by atoms with E-state index in [0.717, 1.165) is 39.7 Å². The largest absolute Gasteiger partial charge is 0.493 e. The molecule has 2 aliphatic heterocycles. The Morgan fingerprint density at radius 2 is 1.68 bits per heavy atom. The Labute approximate surface area is 354 Å². The lowest BCUT2D eigenvalue weighted by Gasteiger charge is -2.23. The summed E-state index contributed by atoms with van der Waals surface area (Å²) in [5.74, 6) is 0.967. The molecule has 0 saturated carbocycles. The third kappa shape index (κ3) is 9.00. The number of aryl methyl sites for hydroxylation is 1. The summed E-state index contributed by atoms with van der Waals surface area (Å²) >= 11 is 3.54. The number of hydrogen-bond acceptors (Lipinski definition) is 16. The Morgan fingerprint density at radius 3 is 2.40 bits per heavy atom. The number of fused-ring (bicyclic) bond motifs is 1. The Kier molecular flexibility index (Phi) is 12.5. The summed E-state index contributed by atoms with van der Waals surface area (Å²) in [6.45, 7) is 3.34. The van der Waals surface area contributed by atoms with Gasteiger partial charge in [-0.1, -0.05) is 41.7 Å². The molecule has 306 valence electrons. The fraction of sp³-hybridized carbons (Fsp3) is 0.275. The highest BCUT2D eigenvalue weighted by molar-refractivity contribution is 8.00. The molecule has 3 N–H and O–H groups in total. The van der Waals surface area contributed by atoms with E-state index in [1.54, 1.807) is 52.3 Å². The summed E-state index contributed by atoms with van der Waals surface area (Å²) < 4.78 is 23.0. The summed E-state index contributed by atoms with van der Waals surface area (Å²) in [7, 11) is 3.09. The maximum atomic E-state index is 13.9. The average molecular weight is 866 g/mol. The molecule has 2 aromatic carbocycles. The lowest BCUT2D eigenvalue weighted by atomic mass is 10.0. The van der Waals surface area contributed by atoms with Crippen LogP contribution in [0.1, 0.15) is 63.9 Å². The van der Waals surface area contributed by atoms with E-state index in [-0.39, 0.29) is 62.3 Å². The normalized spacial score (nSPS) is 15.8. The molecule has 60 heavy (non-hydrogen) atoms. The van der Waals surface area contributed by atoms with Gasteiger partial charge in [-0.05, 0) is 60.7 Å². The molecule has 0 fully saturated rings. The van der Waals surface area contributed by atoms with Crippen molar-refractivity contribution in [1.29, 1.82) is 10.5 Å². The Bertz CT molecular complexity index is 2710. The average Bonchev–Trinajstić information content (AvgIpc) is 4.02. The zero-order chi connectivity index (χ0) is 42.5. The first kappa shape index (κ1) is 41.5. The third-order valence-corrected chi connectivity index (χ3v) is 12.4. The zero-order valence-electron chi connectivity index (χ0n) is 32.4. The number of carbonyl (C=O) groups is 2. The molecule has 5 aromatic rings. The van der Waals surface area contributed by atoms with Gasteiger partial charge in [0.25, 0.3) is 5.91 Å². The molecule has 0 radical (unpaired) electrons. The van der Waals surface area contributed by atoms with Gasteiger partial charge in [0.05, 0.1) is 76.3 Å². The second-order valence-electron chi connectivity index (χ2n) is 13.3. The fourth-order valence-corrected chi connectivity index (χ4v) is 9.00. The van der Waals surface area contributed by atoms with Crippen LogP contribution >= 0.6 is 34.9 Å². The number of H-pyrrole nitrogens is 2. The smallest absolute Gasteiger partial charge is 0.346 e. The molecule has 0 spiro atoms. The van der Waals surface area contributed by atoms with Crippen LogP contribution < -0.4 is 35.6 Å². The van der Waals surface area contributed by atoms with Crippen molar-refractivity contribution in [3.05, 3.63) is 113 Å². The number of methoxy groups -OCH3 is 2. The van der Waals surface area contributed by atoms with Gasteiger partial charge in [-0.2, -0.15) is 25.6 Å². The molecule has 2 aliphatic rings. The summed E-state index contributed by atoms with van der Waals surface area (Å²) in [4.78, 5) is 65.2. The molecule has 17 nitrogen and oxygen atoms in total. The number of aromatic nitrogens is 4. The van der Waals surface area contributed by atoms with Gasteiger partial charge >= 0.3 is 11.4 Å². The molecule has 0 aliphatic carbocycles. The first-order chi connectivity index (χ1) is 29.0. The number of carbonyl (C=O) groups excluding carboxylic acids is 2. The second kappa shape index (κ2) is 18.1. The van der Waals surface area contributed by atoms with Crippen molar-refractivity contribution in [2.75, 3.05) is 25.7 Å². The number of nitriles is 2. The van der Waals surface area contributed by atoms with Gasteiger partial charge < -0.3 is 24.3 Å². The van der Waals surface area contributed by atoms with E-state index >= 15 is 0 Å². The van der Waals surface area contributed by atoms with E-state index < -0.39 is 29.8 Å². The van der Waals surface area contributed by atoms with Crippen LogP contribution in [0.2, 0.25) is 0 Å². The van der Waals surface area contributed by atoms with Crippen LogP contribution in [0, 0.1) is 29.6 Å². The van der Waals surface area contributed by atoms with Gasteiger partial charge in [0.1, 0.15) is 23.3 Å². The number of ether oxygens (including phenoxy) is 4. The van der Waals surface area contributed by atoms with Crippen molar-refractivity contribution >= 4 is 52.4 Å². The molecule has 0 bridgehead atoms. The van der Waals surface area contributed by atoms with Crippen LogP contribution in [0.15, 0.2) is 78.7 Å². The van der Waals surface area contributed by atoms with Gasteiger partial charge in [-0.25, -0.2) is 14.6 Å². The Balaban J connectivity index is 1.01. The second-order valence-corrected chi connectivity index (χ2v) is 16.2. The first-order valence-electron chi connectivity index (χ1n) is 18.2. The van der Waals surface area contributed by atoms with Crippen molar-refractivity contribution in [2.24, 2.45) is 5.10 Å². The number of amides is 2. The molecule has 3 unspecified atom stereocenters. The van der Waals surface area contributed by atoms with Gasteiger partial charge in [-0.15, -0.1) is 11.3 Å². The van der Waals surface area contributed by atoms with E-state index in [9.17, 15) is 29.7 Å². The number of nitrogens with one attached hydrogen (secondary N) is 3. The molecule has 5 heterocycles. The number of aromatic amines is 2. The monoisotopic (exact) mass is 865 g/mol. The summed E-state index contributed by atoms with van der Waals surface area (Å²) in [5, 5.41) is 31.1. The molecule has 7 rings (SSSR count). The van der Waals surface area contributed by atoms with Crippen molar-refractivity contribution in [3.63, 3.8) is 0 Å². The number of thiophene rings is 1. The highest BCUT2D eigenvalue weighted by Crippen LogP contribution is 2.40. The summed E-state index contributed by atoms with van der Waals surface area (Å²) in [6, 6.07) is 17.7. The van der Waals surface area contributed by atoms with Gasteiger partial charge in [0, 0.05) is 6.42 Å². The standard InChI is InChI=1S/C40H35N9O8S3/c1-20(43-34(50)18-59-37-24(16-41)21(2)44-39(52)46-37)22-7-10-30-32(12-22)57-36(56-30)15-26-25(17-42)38(47-40(53)45-26)60-19-35(51)49-28(14-27(48-49)33-6-5-11-58-33)23-8-9-29(54-3)31(13-23)55-4/h5-13,20,28,36H,14-15,18-19H2,1-4H3,(H,43,50)(H,44,46,52)(H,45,47,53). The van der Waals surface area contributed by atoms with E-state index in [1.807, 2.05) is 35.7 Å². The minimum absolute atomic E-state index is 0.0630. The molecular weight excluding hydrogens is 831 g/mol. The van der Waals surface area contributed by atoms with Crippen LogP contribution in [0.25, 0.3) is 0 Å². The van der Waals surface area contributed by atoms with E-state index in [4.69, 9.17) is 24.0 Å². The van der Waals surface area contributed by atoms with Crippen molar-refractivity contribution in [2.45, 2.75) is 55.1 Å². The SMILES string of the molecule is COc1ccc(C2CC(c3cccs3)=NN2C(=O)CSc2[nH]c(=O)nc(CC3Oc4ccc(C(C)NC(=O)CSc5[nH]c(=O)nc(C)c5C#N)cc4O3)c2C#N)cc1OC. The van der Waals surface area contributed by atoms with Crippen LogP contribution in [-0.4, -0.2) is 74.5 Å². The van der Waals surface area contributed by atoms with Crippen LogP contribution in [0.4, 0.5) is 0 Å². The summed E-state index contributed by atoms with van der Waals surface area (Å²) in [5.41, 5.74) is 1.61. The van der Waals surface area contributed by atoms with E-state index in [2.05, 4.69) is 31.3 Å². The van der Waals surface area contributed by atoms with Crippen LogP contribution in [0.3, 0.4) is 0 Å². The molecular formula is C40H35N9O8S3. The van der Waals surface area contributed by atoms with Crippen LogP contribution in [-0.2, 0) is 16.0 Å². The van der Waals surface area contributed by atoms with E-state index in [0.29, 0.717) is 35.0 Å². The molecule has 3 atom stereocenters. The van der Waals surface area contributed by atoms with Gasteiger partial charge in [0.2, 0.25) is 12.2 Å². The number of hydrogen-bond donors (Lipinski definition) is 3. The highest BCUT2D eigenvalue weighted by atomic mass is 32.2. The maximum Gasteiger partial charge on any atom is 0.346 e. The fourth-order valence-electron chi connectivity index (χ4n) is 6.56. The van der Waals surface area contributed by atoms with Crippen molar-refractivity contribution in [1.82, 2.24) is 30.3 Å². The zero-order valence-corrected chi connectivity index (χ0v) is 34.9. The number of hydrazone groups is 1. The maximum absolute atomic E-state index is 13.9. The molecule has 3 aromatic heterocycles. The van der Waals surface area contributed by atoms with Gasteiger partial charge in [0.15, 0.2) is 23.0 Å². The molecule has 2 amide bonds. The quantitative estimate of drug-likeness (QED) is 0.101. The van der Waals surface area contributed by atoms with Crippen LogP contribution in [0.5, 0.6) is 23.0 Å². The number of benzene rings is 2. The van der Waals surface area contributed by atoms with E-state index in [1.165, 1.54) is 16.3 Å². The minimum atomic E-state index is -0.936. The minimum Gasteiger partial charge on any atom is -0.493 e. The van der Waals surface area contributed by atoms with Crippen molar-refractivity contribution < 1.29 is 28.5 Å². The predicted octanol–water partition coefficient (Wildman–Crippen LogP) is 4.76. The van der Waals surface area contributed by atoms with Crippen molar-refractivity contribution in [3.8, 4) is 35.1 Å². The van der Waals surface area contributed by atoms with Gasteiger partial charge in [-0.3, -0.25) is 19.6 Å². The highest BCUT2D eigenvalue weighted by Gasteiger charge is 2.35. The number of thioether (sulfide) groups is 2. The Morgan fingerprint density at radius 1 is 0.967 bits per heavy atom. The predicted molar refractivity (Wildman–Crippen MR) is 222 cm³/mol. The molecule has 20 heteroatoms.